The van der Waals surface area contributed by atoms with Crippen LogP contribution in [0.3, 0.4) is 0 Å². The second-order valence-electron chi connectivity index (χ2n) is 9.67. The van der Waals surface area contributed by atoms with E-state index in [0.717, 1.165) is 31.8 Å². The largest absolute Gasteiger partial charge is 3.00 e. The minimum atomic E-state index is -1.98. The minimum Gasteiger partial charge on any atom is -0.738 e. The molecule has 0 unspecified atom stereocenters. The second-order valence-corrected chi connectivity index (χ2v) is 28.0. The Hall–Kier alpha value is -0.797. The molecule has 0 aliphatic heterocycles. The molecule has 10 heteroatoms. The molecule has 0 amide bonds. The van der Waals surface area contributed by atoms with Gasteiger partial charge in [0.05, 0.1) is 0 Å². The van der Waals surface area contributed by atoms with E-state index < -0.39 is 15.7 Å². The predicted molar refractivity (Wildman–Crippen MR) is 221 cm³/mol. The van der Waals surface area contributed by atoms with Crippen molar-refractivity contribution in [3.63, 3.8) is 0 Å². The van der Waals surface area contributed by atoms with Crippen molar-refractivity contribution in [1.29, 1.82) is 0 Å². The third kappa shape index (κ3) is 11.1. The smallest absolute Gasteiger partial charge is 0.738 e. The van der Waals surface area contributed by atoms with Gasteiger partial charge in [0.25, 0.3) is 0 Å². The van der Waals surface area contributed by atoms with Gasteiger partial charge < -0.3 is 36.7 Å². The summed E-state index contributed by atoms with van der Waals surface area (Å²) in [6.45, 7) is 0. The van der Waals surface area contributed by atoms with E-state index in [0.29, 0.717) is 0 Å². The molecule has 0 N–H and O–H groups in total. The first kappa shape index (κ1) is 39.6. The molecule has 1 radical (unpaired) electrons. The summed E-state index contributed by atoms with van der Waals surface area (Å²) >= 11 is 33.6. The summed E-state index contributed by atoms with van der Waals surface area (Å²) in [5.74, 6) is 0. The van der Waals surface area contributed by atoms with Crippen LogP contribution in [0.5, 0.6) is 0 Å². The molecule has 0 spiro atoms. The molecule has 0 saturated carbocycles. The van der Waals surface area contributed by atoms with Crippen molar-refractivity contribution in [3.8, 4) is 0 Å². The van der Waals surface area contributed by atoms with Crippen molar-refractivity contribution in [1.82, 2.24) is 0 Å². The van der Waals surface area contributed by atoms with E-state index in [1.807, 2.05) is 182 Å². The van der Waals surface area contributed by atoms with Crippen molar-refractivity contribution in [3.05, 3.63) is 182 Å². The number of benzene rings is 6. The Morgan fingerprint density at radius 3 is 0.478 bits per heavy atom. The van der Waals surface area contributed by atoms with E-state index in [4.69, 9.17) is 72.2 Å². The van der Waals surface area contributed by atoms with Crippen molar-refractivity contribution in [2.45, 2.75) is 0 Å². The summed E-state index contributed by atoms with van der Waals surface area (Å²) in [4.78, 5) is 0. The summed E-state index contributed by atoms with van der Waals surface area (Å²) in [5, 5.41) is 0.648. The van der Waals surface area contributed by atoms with Crippen molar-refractivity contribution >= 4 is 120 Å². The zero-order valence-electron chi connectivity index (χ0n) is 24.6. The first-order valence-corrected chi connectivity index (χ1v) is 25.3. The predicted octanol–water partition coefficient (Wildman–Crippen LogP) is 7.73. The summed E-state index contributed by atoms with van der Waals surface area (Å²) in [6, 6.07) is 60.2. The van der Waals surface area contributed by atoms with Gasteiger partial charge in [-0.05, 0) is 31.8 Å². The molecule has 229 valence electrons. The Bertz CT molecular complexity index is 1540. The molecule has 0 atom stereocenters. The second kappa shape index (κ2) is 19.4. The molecule has 0 saturated heterocycles. The third-order valence-corrected chi connectivity index (χ3v) is 20.0. The maximum Gasteiger partial charge on any atom is 3.00 e. The number of hydrogen-bond acceptors (Lipinski definition) is 6. The van der Waals surface area contributed by atoms with Crippen LogP contribution in [0.25, 0.3) is 0 Å². The molecule has 46 heavy (non-hydrogen) atoms. The standard InChI is InChI=1S/3C12H11PS2.Zr/c3*14-13(15,11-7-3-1-4-8-11)12-9-5-2-6-10-12;/h3*1-10H,(H,14,15);/q;;;+3/p-3. The van der Waals surface area contributed by atoms with Crippen molar-refractivity contribution < 1.29 is 26.2 Å². The quantitative estimate of drug-likeness (QED) is 0.124. The zero-order valence-corrected chi connectivity index (χ0v) is 34.7. The number of hydrogen-bond donors (Lipinski definition) is 0. The Labute approximate surface area is 324 Å². The normalized spacial score (nSPS) is 11.0. The van der Waals surface area contributed by atoms with Gasteiger partial charge in [-0.25, -0.2) is 0 Å². The molecular formula is C36H30P3S6Zr. The first-order valence-electron chi connectivity index (χ1n) is 13.9. The van der Waals surface area contributed by atoms with Crippen LogP contribution in [-0.2, 0) is 98.4 Å². The minimum absolute atomic E-state index is 0. The zero-order chi connectivity index (χ0) is 32.2. The van der Waals surface area contributed by atoms with Crippen LogP contribution in [0.2, 0.25) is 0 Å². The van der Waals surface area contributed by atoms with Crippen LogP contribution < -0.4 is 31.8 Å². The first-order chi connectivity index (χ1) is 21.6. The molecule has 0 fully saturated rings. The van der Waals surface area contributed by atoms with Gasteiger partial charge in [-0.2, -0.15) is 0 Å². The van der Waals surface area contributed by atoms with Crippen LogP contribution in [0.1, 0.15) is 0 Å². The van der Waals surface area contributed by atoms with E-state index >= 15 is 0 Å². The van der Waals surface area contributed by atoms with E-state index in [2.05, 4.69) is 0 Å². The average Bonchev–Trinajstić information content (AvgIpc) is 3.11. The SMILES string of the molecule is S=P([S-])(c1ccccc1)c1ccccc1.S=P([S-])(c1ccccc1)c1ccccc1.S=P([S-])(c1ccccc1)c1ccccc1.[Zr+3]. The molecule has 0 aromatic heterocycles. The maximum absolute atomic E-state index is 5.60. The van der Waals surface area contributed by atoms with Crippen LogP contribution >= 0.6 is 15.7 Å². The fraction of sp³-hybridized carbons (Fsp3) is 0. The summed E-state index contributed by atoms with van der Waals surface area (Å²) in [6.07, 6.45) is 0. The van der Waals surface area contributed by atoms with Crippen molar-refractivity contribution in [2.75, 3.05) is 0 Å². The van der Waals surface area contributed by atoms with Gasteiger partial charge in [0.2, 0.25) is 0 Å². The summed E-state index contributed by atoms with van der Waals surface area (Å²) in [5.41, 5.74) is 0. The summed E-state index contributed by atoms with van der Waals surface area (Å²) < 4.78 is 0. The van der Waals surface area contributed by atoms with Gasteiger partial charge in [0.15, 0.2) is 0 Å². The Balaban J connectivity index is 0.000000186. The molecular weight excluding hydrogens is 809 g/mol. The van der Waals surface area contributed by atoms with Gasteiger partial charge in [-0.1, -0.05) is 182 Å². The van der Waals surface area contributed by atoms with Crippen LogP contribution in [-0.4, -0.2) is 0 Å². The molecule has 0 bridgehead atoms. The van der Waals surface area contributed by atoms with E-state index in [1.54, 1.807) is 0 Å². The van der Waals surface area contributed by atoms with Gasteiger partial charge in [0.1, 0.15) is 0 Å². The molecule has 0 aliphatic rings. The molecule has 0 heterocycles. The fourth-order valence-corrected chi connectivity index (χ4v) is 12.9. The topological polar surface area (TPSA) is 0 Å². The molecule has 0 aliphatic carbocycles. The Kier molecular flexibility index (Phi) is 16.7. The third-order valence-electron chi connectivity index (χ3n) is 6.58. The van der Waals surface area contributed by atoms with Crippen molar-refractivity contribution in [2.24, 2.45) is 0 Å². The van der Waals surface area contributed by atoms with Gasteiger partial charge in [-0.15, -0.1) is 51.1 Å². The van der Waals surface area contributed by atoms with Gasteiger partial charge in [-0.3, -0.25) is 0 Å². The molecule has 0 nitrogen and oxygen atoms in total. The van der Waals surface area contributed by atoms with E-state index in [9.17, 15) is 0 Å². The van der Waals surface area contributed by atoms with E-state index in [-0.39, 0.29) is 26.2 Å². The monoisotopic (exact) mass is 837 g/mol. The van der Waals surface area contributed by atoms with Gasteiger partial charge in [0, 0.05) is 0 Å². The number of rotatable bonds is 6. The van der Waals surface area contributed by atoms with Crippen LogP contribution in [0, 0.1) is 0 Å². The molecule has 6 aromatic rings. The average molecular weight is 839 g/mol. The van der Waals surface area contributed by atoms with E-state index in [1.165, 1.54) is 0 Å². The molecule has 6 aromatic carbocycles. The van der Waals surface area contributed by atoms with Crippen LogP contribution in [0.4, 0.5) is 0 Å². The maximum atomic E-state index is 5.60. The fourth-order valence-electron chi connectivity index (χ4n) is 4.19. The van der Waals surface area contributed by atoms with Crippen LogP contribution in [0.15, 0.2) is 182 Å². The van der Waals surface area contributed by atoms with Gasteiger partial charge >= 0.3 is 26.2 Å². The Morgan fingerprint density at radius 2 is 0.370 bits per heavy atom. The Morgan fingerprint density at radius 1 is 0.261 bits per heavy atom. The summed E-state index contributed by atoms with van der Waals surface area (Å²) in [7, 11) is 0. The molecule has 6 rings (SSSR count).